The van der Waals surface area contributed by atoms with Crippen LogP contribution in [0.4, 0.5) is 0 Å². The van der Waals surface area contributed by atoms with E-state index in [0.29, 0.717) is 0 Å². The zero-order valence-corrected chi connectivity index (χ0v) is 10.0. The van der Waals surface area contributed by atoms with Gasteiger partial charge in [-0.25, -0.2) is 0 Å². The fourth-order valence-corrected chi connectivity index (χ4v) is 0. The van der Waals surface area contributed by atoms with E-state index < -0.39 is 11.2 Å². The van der Waals surface area contributed by atoms with E-state index in [9.17, 15) is 0 Å². The molecule has 0 radical (unpaired) electrons. The van der Waals surface area contributed by atoms with Crippen molar-refractivity contribution in [1.29, 1.82) is 0 Å². The molecular formula is CaCl5Fe. The van der Waals surface area contributed by atoms with Crippen LogP contribution in [0.25, 0.3) is 0 Å². The van der Waals surface area contributed by atoms with Crippen molar-refractivity contribution in [1.82, 2.24) is 0 Å². The Morgan fingerprint density at radius 2 is 0.857 bits per heavy atom. The summed E-state index contributed by atoms with van der Waals surface area (Å²) in [4.78, 5) is 0. The Balaban J connectivity index is -0.0000000150. The minimum absolute atomic E-state index is 0. The van der Waals surface area contributed by atoms with Crippen LogP contribution in [0.1, 0.15) is 0 Å². The molecule has 0 atom stereocenters. The van der Waals surface area contributed by atoms with Gasteiger partial charge in [-0.2, -0.15) is 0 Å². The summed E-state index contributed by atoms with van der Waals surface area (Å²) in [6.45, 7) is 0. The summed E-state index contributed by atoms with van der Waals surface area (Å²) in [5.41, 5.74) is 0. The molecule has 0 aliphatic carbocycles. The van der Waals surface area contributed by atoms with Crippen LogP contribution in [-0.4, -0.2) is 37.7 Å². The third-order valence-electron chi connectivity index (χ3n) is 0. The quantitative estimate of drug-likeness (QED) is 0.392. The summed E-state index contributed by atoms with van der Waals surface area (Å²) < 4.78 is 0. The van der Waals surface area contributed by atoms with Crippen molar-refractivity contribution in [2.24, 2.45) is 0 Å². The molecule has 0 nitrogen and oxygen atoms in total. The fourth-order valence-electron chi connectivity index (χ4n) is 0. The van der Waals surface area contributed by atoms with Crippen LogP contribution < -0.4 is 24.8 Å². The van der Waals surface area contributed by atoms with E-state index in [1.54, 1.807) is 0 Å². The topological polar surface area (TPSA) is 0 Å². The van der Waals surface area contributed by atoms with Crippen molar-refractivity contribution < 1.29 is 36.0 Å². The summed E-state index contributed by atoms with van der Waals surface area (Å²) in [7, 11) is 14.7. The van der Waals surface area contributed by atoms with Crippen LogP contribution in [0, 0.1) is 0 Å². The molecule has 0 unspecified atom stereocenters. The third-order valence-corrected chi connectivity index (χ3v) is 0. The van der Waals surface area contributed by atoms with Gasteiger partial charge in [0.1, 0.15) is 0 Å². The third kappa shape index (κ3) is 46.3. The first-order valence-corrected chi connectivity index (χ1v) is 4.96. The molecule has 0 aliphatic rings. The van der Waals surface area contributed by atoms with Crippen molar-refractivity contribution >= 4 is 68.0 Å². The Labute approximate surface area is 102 Å². The number of hydrogen-bond acceptors (Lipinski definition) is 0. The van der Waals surface area contributed by atoms with Gasteiger partial charge in [0.15, 0.2) is 0 Å². The average molecular weight is 273 g/mol. The van der Waals surface area contributed by atoms with Gasteiger partial charge in [-0.3, -0.25) is 0 Å². The van der Waals surface area contributed by atoms with Gasteiger partial charge in [-0.15, -0.1) is 0 Å². The summed E-state index contributed by atoms with van der Waals surface area (Å²) in [6, 6.07) is 0. The van der Waals surface area contributed by atoms with Crippen molar-refractivity contribution in [3.05, 3.63) is 0 Å². The first-order valence-electron chi connectivity index (χ1n) is 0.401. The summed E-state index contributed by atoms with van der Waals surface area (Å²) in [5, 5.41) is 0. The van der Waals surface area contributed by atoms with Crippen LogP contribution >= 0.6 is 30.3 Å². The molecule has 0 rings (SSSR count). The van der Waals surface area contributed by atoms with Gasteiger partial charge in [0, 0.05) is 0 Å². The van der Waals surface area contributed by atoms with Crippen LogP contribution in [0.15, 0.2) is 0 Å². The molecule has 0 aromatic heterocycles. The average Bonchev–Trinajstić information content (AvgIpc) is 0.811. The SMILES string of the molecule is [Ca+2].[Cl-].[Cl-].[Cl][Fe]([Cl])[Cl]. The maximum absolute atomic E-state index is 4.89. The van der Waals surface area contributed by atoms with Gasteiger partial charge < -0.3 is 24.8 Å². The predicted octanol–water partition coefficient (Wildman–Crippen LogP) is -4.31. The van der Waals surface area contributed by atoms with Gasteiger partial charge in [0.2, 0.25) is 0 Å². The maximum atomic E-state index is 4.89. The molecule has 0 saturated carbocycles. The van der Waals surface area contributed by atoms with E-state index in [-0.39, 0.29) is 62.6 Å². The van der Waals surface area contributed by atoms with Crippen LogP contribution in [0.2, 0.25) is 0 Å². The van der Waals surface area contributed by atoms with Gasteiger partial charge in [0.05, 0.1) is 0 Å². The molecule has 0 fully saturated rings. The van der Waals surface area contributed by atoms with Crippen LogP contribution in [-0.2, 0) is 11.2 Å². The molecule has 0 amide bonds. The molecule has 0 saturated heterocycles. The Kier molecular flexibility index (Phi) is 51.7. The van der Waals surface area contributed by atoms with Gasteiger partial charge >= 0.3 is 79.2 Å². The molecule has 0 aromatic carbocycles. The molecule has 0 N–H and O–H groups in total. The van der Waals surface area contributed by atoms with Gasteiger partial charge in [-0.1, -0.05) is 0 Å². The molecule has 7 heavy (non-hydrogen) atoms. The van der Waals surface area contributed by atoms with Crippen molar-refractivity contribution in [3.8, 4) is 0 Å². The van der Waals surface area contributed by atoms with Gasteiger partial charge in [-0.05, 0) is 0 Å². The molecule has 0 bridgehead atoms. The number of halogens is 5. The van der Waals surface area contributed by atoms with E-state index >= 15 is 0 Å². The van der Waals surface area contributed by atoms with E-state index in [2.05, 4.69) is 0 Å². The Morgan fingerprint density at radius 3 is 0.857 bits per heavy atom. The first-order chi connectivity index (χ1) is 1.73. The number of rotatable bonds is 0. The Hall–Kier alpha value is 3.23. The fraction of sp³-hybridized carbons (Fsp3) is 0. The van der Waals surface area contributed by atoms with Crippen LogP contribution in [0.5, 0.6) is 0 Å². The monoisotopic (exact) mass is 271 g/mol. The summed E-state index contributed by atoms with van der Waals surface area (Å²) in [6.07, 6.45) is 0. The molecule has 7 heteroatoms. The zero-order chi connectivity index (χ0) is 3.58. The van der Waals surface area contributed by atoms with Crippen molar-refractivity contribution in [3.63, 3.8) is 0 Å². The van der Waals surface area contributed by atoms with Gasteiger partial charge in [0.25, 0.3) is 0 Å². The Bertz CT molecular complexity index is 12.8. The summed E-state index contributed by atoms with van der Waals surface area (Å²) >= 11 is -1.33. The molecular weight excluding hydrogens is 273 g/mol. The van der Waals surface area contributed by atoms with E-state index in [1.807, 2.05) is 0 Å². The molecule has 0 aliphatic heterocycles. The van der Waals surface area contributed by atoms with E-state index in [4.69, 9.17) is 30.3 Å². The van der Waals surface area contributed by atoms with Crippen molar-refractivity contribution in [2.75, 3.05) is 0 Å². The normalized spacial score (nSPS) is 6.43. The van der Waals surface area contributed by atoms with Crippen LogP contribution in [0.3, 0.4) is 0 Å². The second-order valence-corrected chi connectivity index (χ2v) is 5.62. The van der Waals surface area contributed by atoms with Crippen molar-refractivity contribution in [2.45, 2.75) is 0 Å². The number of hydrogen-bond donors (Lipinski definition) is 0. The molecule has 0 spiro atoms. The second kappa shape index (κ2) is 16.1. The Morgan fingerprint density at radius 1 is 0.857 bits per heavy atom. The molecule has 45 valence electrons. The molecule has 0 aromatic rings. The minimum atomic E-state index is -1.33. The predicted molar refractivity (Wildman–Crippen MR) is 23.3 cm³/mol. The zero-order valence-electron chi connectivity index (χ0n) is 2.95. The summed E-state index contributed by atoms with van der Waals surface area (Å²) in [5.74, 6) is 0. The van der Waals surface area contributed by atoms with E-state index in [1.165, 1.54) is 0 Å². The first kappa shape index (κ1) is 22.5. The standard InChI is InChI=1S/Ca.5ClH.Fe/h;5*1H;/q+2;;;;;;+3/p-5. The van der Waals surface area contributed by atoms with E-state index in [0.717, 1.165) is 0 Å². The second-order valence-electron chi connectivity index (χ2n) is 0.152. The molecule has 0 heterocycles.